The maximum atomic E-state index is 11.8. The molecule has 0 aliphatic carbocycles. The van der Waals surface area contributed by atoms with Crippen LogP contribution in [0.2, 0.25) is 5.02 Å². The van der Waals surface area contributed by atoms with Crippen LogP contribution >= 0.6 is 11.6 Å². The fraction of sp³-hybridized carbons (Fsp3) is 0.273. The first kappa shape index (κ1) is 12.3. The normalized spacial score (nSPS) is 9.56. The molecule has 1 aromatic rings. The summed E-state index contributed by atoms with van der Waals surface area (Å²) in [5.74, 6) is -0.464. The summed E-state index contributed by atoms with van der Waals surface area (Å²) in [6.07, 6.45) is 0.254. The smallest absolute Gasteiger partial charge is 0.257 e. The lowest BCUT2D eigenvalue weighted by molar-refractivity contribution is 0.0795. The van der Waals surface area contributed by atoms with Gasteiger partial charge in [0.25, 0.3) is 5.91 Å². The number of phenolic OH excluding ortho intramolecular Hbond substituents is 1. The molecule has 0 spiro atoms. The van der Waals surface area contributed by atoms with Crippen molar-refractivity contribution >= 4 is 17.5 Å². The summed E-state index contributed by atoms with van der Waals surface area (Å²) in [7, 11) is 1.57. The molecule has 0 fully saturated rings. The first-order valence-corrected chi connectivity index (χ1v) is 5.05. The van der Waals surface area contributed by atoms with Crippen LogP contribution in [-0.4, -0.2) is 29.5 Å². The molecule has 0 unspecified atom stereocenters. The van der Waals surface area contributed by atoms with Gasteiger partial charge in [0, 0.05) is 18.6 Å². The molecular weight excluding hydrogens is 228 g/mol. The van der Waals surface area contributed by atoms with Crippen molar-refractivity contribution in [1.29, 1.82) is 5.26 Å². The number of amides is 1. The minimum atomic E-state index is -0.352. The van der Waals surface area contributed by atoms with Gasteiger partial charge in [-0.1, -0.05) is 11.6 Å². The van der Waals surface area contributed by atoms with E-state index in [4.69, 9.17) is 16.9 Å². The maximum absolute atomic E-state index is 11.8. The van der Waals surface area contributed by atoms with E-state index in [-0.39, 0.29) is 23.6 Å². The van der Waals surface area contributed by atoms with Crippen LogP contribution in [-0.2, 0) is 0 Å². The third kappa shape index (κ3) is 2.88. The van der Waals surface area contributed by atoms with Crippen LogP contribution < -0.4 is 0 Å². The average Bonchev–Trinajstić information content (AvgIpc) is 2.28. The Balaban J connectivity index is 2.88. The number of nitrogens with zero attached hydrogens (tertiary/aromatic N) is 2. The molecule has 1 N–H and O–H groups in total. The number of nitriles is 1. The Labute approximate surface area is 98.7 Å². The highest BCUT2D eigenvalue weighted by molar-refractivity contribution is 6.31. The molecule has 1 amide bonds. The van der Waals surface area contributed by atoms with E-state index in [1.807, 2.05) is 6.07 Å². The summed E-state index contributed by atoms with van der Waals surface area (Å²) in [4.78, 5) is 13.2. The van der Waals surface area contributed by atoms with E-state index in [2.05, 4.69) is 0 Å². The molecule has 0 heterocycles. The molecule has 0 radical (unpaired) electrons. The molecule has 5 heteroatoms. The van der Waals surface area contributed by atoms with E-state index in [1.165, 1.54) is 23.1 Å². The standard InChI is InChI=1S/C11H11ClN2O2/c1-14(6-2-5-13)11(16)9-7-8(12)3-4-10(9)15/h3-4,7,15H,2,6H2,1H3. The van der Waals surface area contributed by atoms with Crippen LogP contribution in [0.15, 0.2) is 18.2 Å². The molecule has 1 aromatic carbocycles. The van der Waals surface area contributed by atoms with E-state index in [1.54, 1.807) is 7.05 Å². The summed E-state index contributed by atoms with van der Waals surface area (Å²) < 4.78 is 0. The summed E-state index contributed by atoms with van der Waals surface area (Å²) in [5, 5.41) is 18.3. The highest BCUT2D eigenvalue weighted by Gasteiger charge is 2.15. The monoisotopic (exact) mass is 238 g/mol. The number of benzene rings is 1. The topological polar surface area (TPSA) is 64.3 Å². The van der Waals surface area contributed by atoms with Crippen molar-refractivity contribution in [2.24, 2.45) is 0 Å². The van der Waals surface area contributed by atoms with Crippen molar-refractivity contribution in [3.63, 3.8) is 0 Å². The third-order valence-corrected chi connectivity index (χ3v) is 2.33. The molecule has 0 saturated carbocycles. The zero-order valence-electron chi connectivity index (χ0n) is 8.77. The molecule has 0 aromatic heterocycles. The molecule has 0 aliphatic rings. The Hall–Kier alpha value is -1.73. The van der Waals surface area contributed by atoms with E-state index in [0.717, 1.165) is 0 Å². The van der Waals surface area contributed by atoms with Crippen LogP contribution in [0.4, 0.5) is 0 Å². The summed E-state index contributed by atoms with van der Waals surface area (Å²) >= 11 is 5.74. The zero-order valence-corrected chi connectivity index (χ0v) is 9.53. The Bertz CT molecular complexity index is 440. The number of carbonyl (C=O) groups excluding carboxylic acids is 1. The lowest BCUT2D eigenvalue weighted by Crippen LogP contribution is -2.27. The summed E-state index contributed by atoms with van der Waals surface area (Å²) in [6, 6.07) is 6.23. The van der Waals surface area contributed by atoms with Crippen molar-refractivity contribution < 1.29 is 9.90 Å². The number of hydrogen-bond acceptors (Lipinski definition) is 3. The van der Waals surface area contributed by atoms with Gasteiger partial charge in [-0.3, -0.25) is 4.79 Å². The molecule has 16 heavy (non-hydrogen) atoms. The van der Waals surface area contributed by atoms with Gasteiger partial charge in [0.2, 0.25) is 0 Å². The second kappa shape index (κ2) is 5.38. The highest BCUT2D eigenvalue weighted by atomic mass is 35.5. The van der Waals surface area contributed by atoms with Gasteiger partial charge in [0.15, 0.2) is 0 Å². The van der Waals surface area contributed by atoms with Crippen molar-refractivity contribution in [3.05, 3.63) is 28.8 Å². The van der Waals surface area contributed by atoms with Crippen LogP contribution in [0.25, 0.3) is 0 Å². The quantitative estimate of drug-likeness (QED) is 0.876. The number of aromatic hydroxyl groups is 1. The molecule has 1 rings (SSSR count). The molecule has 0 aliphatic heterocycles. The average molecular weight is 239 g/mol. The third-order valence-electron chi connectivity index (χ3n) is 2.09. The van der Waals surface area contributed by atoms with Crippen molar-refractivity contribution in [2.75, 3.05) is 13.6 Å². The van der Waals surface area contributed by atoms with Crippen molar-refractivity contribution in [1.82, 2.24) is 4.90 Å². The van der Waals surface area contributed by atoms with Gasteiger partial charge >= 0.3 is 0 Å². The fourth-order valence-corrected chi connectivity index (χ4v) is 1.38. The van der Waals surface area contributed by atoms with Crippen LogP contribution in [0.1, 0.15) is 16.8 Å². The lowest BCUT2D eigenvalue weighted by Gasteiger charge is -2.16. The number of halogens is 1. The molecule has 0 atom stereocenters. The molecule has 84 valence electrons. The van der Waals surface area contributed by atoms with Crippen molar-refractivity contribution in [2.45, 2.75) is 6.42 Å². The Morgan fingerprint density at radius 2 is 2.31 bits per heavy atom. The minimum Gasteiger partial charge on any atom is -0.507 e. The van der Waals surface area contributed by atoms with Gasteiger partial charge < -0.3 is 10.0 Å². The second-order valence-corrected chi connectivity index (χ2v) is 3.73. The molecule has 4 nitrogen and oxygen atoms in total. The first-order valence-electron chi connectivity index (χ1n) is 4.67. The van der Waals surface area contributed by atoms with Crippen molar-refractivity contribution in [3.8, 4) is 11.8 Å². The van der Waals surface area contributed by atoms with E-state index >= 15 is 0 Å². The van der Waals surface area contributed by atoms with Gasteiger partial charge in [-0.2, -0.15) is 5.26 Å². The Morgan fingerprint density at radius 1 is 1.62 bits per heavy atom. The van der Waals surface area contributed by atoms with Crippen LogP contribution in [0.3, 0.4) is 0 Å². The van der Waals surface area contributed by atoms with Gasteiger partial charge in [-0.05, 0) is 18.2 Å². The van der Waals surface area contributed by atoms with E-state index in [9.17, 15) is 9.90 Å². The van der Waals surface area contributed by atoms with E-state index in [0.29, 0.717) is 11.6 Å². The lowest BCUT2D eigenvalue weighted by atomic mass is 10.1. The summed E-state index contributed by atoms with van der Waals surface area (Å²) in [6.45, 7) is 0.321. The van der Waals surface area contributed by atoms with Gasteiger partial charge in [-0.15, -0.1) is 0 Å². The minimum absolute atomic E-state index is 0.113. The molecule has 0 saturated heterocycles. The predicted molar refractivity (Wildman–Crippen MR) is 60.3 cm³/mol. The van der Waals surface area contributed by atoms with E-state index < -0.39 is 0 Å². The predicted octanol–water partition coefficient (Wildman–Crippen LogP) is 2.03. The molecular formula is C11H11ClN2O2. The van der Waals surface area contributed by atoms with Crippen LogP contribution in [0.5, 0.6) is 5.75 Å². The molecule has 0 bridgehead atoms. The Kier molecular flexibility index (Phi) is 4.15. The zero-order chi connectivity index (χ0) is 12.1. The second-order valence-electron chi connectivity index (χ2n) is 3.30. The number of hydrogen-bond donors (Lipinski definition) is 1. The fourth-order valence-electron chi connectivity index (χ4n) is 1.20. The number of carbonyl (C=O) groups is 1. The highest BCUT2D eigenvalue weighted by Crippen LogP contribution is 2.22. The number of rotatable bonds is 3. The number of phenols is 1. The van der Waals surface area contributed by atoms with Gasteiger partial charge in [0.05, 0.1) is 18.1 Å². The maximum Gasteiger partial charge on any atom is 0.257 e. The first-order chi connectivity index (χ1) is 7.56. The largest absolute Gasteiger partial charge is 0.507 e. The Morgan fingerprint density at radius 3 is 2.94 bits per heavy atom. The van der Waals surface area contributed by atoms with Crippen LogP contribution in [0, 0.1) is 11.3 Å². The SMILES string of the molecule is CN(CCC#N)C(=O)c1cc(Cl)ccc1O. The summed E-state index contributed by atoms with van der Waals surface area (Å²) in [5.41, 5.74) is 0.146. The van der Waals surface area contributed by atoms with Gasteiger partial charge in [0.1, 0.15) is 5.75 Å². The van der Waals surface area contributed by atoms with Gasteiger partial charge in [-0.25, -0.2) is 0 Å².